The first-order valence-corrected chi connectivity index (χ1v) is 8.87. The molecule has 2 rings (SSSR count). The number of methoxy groups -OCH3 is 2. The topological polar surface area (TPSA) is 97.6 Å². The van der Waals surface area contributed by atoms with Gasteiger partial charge in [0, 0.05) is 5.69 Å². The van der Waals surface area contributed by atoms with E-state index in [1.165, 1.54) is 33.3 Å². The lowest BCUT2D eigenvalue weighted by atomic mass is 10.1. The smallest absolute Gasteiger partial charge is 0.349 e. The summed E-state index contributed by atoms with van der Waals surface area (Å²) in [5.41, 5.74) is 0.754. The molecule has 0 aromatic heterocycles. The van der Waals surface area contributed by atoms with Crippen molar-refractivity contribution in [2.24, 2.45) is 0 Å². The summed E-state index contributed by atoms with van der Waals surface area (Å²) < 4.78 is 15.3. The molecule has 0 aliphatic heterocycles. The van der Waals surface area contributed by atoms with Crippen LogP contribution in [0.3, 0.4) is 0 Å². The molecule has 150 valence electrons. The average molecular weight is 415 g/mol. The Morgan fingerprint density at radius 1 is 1.17 bits per heavy atom. The minimum Gasteiger partial charge on any atom is -0.497 e. The van der Waals surface area contributed by atoms with Gasteiger partial charge in [0.05, 0.1) is 19.2 Å². The van der Waals surface area contributed by atoms with Crippen molar-refractivity contribution >= 4 is 35.2 Å². The van der Waals surface area contributed by atoms with Crippen molar-refractivity contribution in [2.45, 2.75) is 13.0 Å². The third-order valence-corrected chi connectivity index (χ3v) is 4.11. The van der Waals surface area contributed by atoms with Gasteiger partial charge in [-0.05, 0) is 48.9 Å². The van der Waals surface area contributed by atoms with E-state index in [-0.39, 0.29) is 5.57 Å². The van der Waals surface area contributed by atoms with Gasteiger partial charge < -0.3 is 19.5 Å². The van der Waals surface area contributed by atoms with Crippen molar-refractivity contribution in [1.29, 1.82) is 5.26 Å². The summed E-state index contributed by atoms with van der Waals surface area (Å²) in [4.78, 5) is 24.6. The largest absolute Gasteiger partial charge is 0.497 e. The highest BCUT2D eigenvalue weighted by molar-refractivity contribution is 6.32. The predicted octanol–water partition coefficient (Wildman–Crippen LogP) is 3.83. The second-order valence-corrected chi connectivity index (χ2v) is 6.24. The molecule has 1 N–H and O–H groups in total. The van der Waals surface area contributed by atoms with Gasteiger partial charge in [0.15, 0.2) is 6.10 Å². The van der Waals surface area contributed by atoms with E-state index in [4.69, 9.17) is 25.8 Å². The zero-order valence-electron chi connectivity index (χ0n) is 16.1. The molecule has 0 bridgehead atoms. The minimum atomic E-state index is -1.13. The maximum Gasteiger partial charge on any atom is 0.349 e. The van der Waals surface area contributed by atoms with Gasteiger partial charge in [-0.3, -0.25) is 4.79 Å². The average Bonchev–Trinajstić information content (AvgIpc) is 2.72. The molecule has 2 aromatic rings. The van der Waals surface area contributed by atoms with E-state index in [1.807, 2.05) is 0 Å². The zero-order valence-corrected chi connectivity index (χ0v) is 16.8. The highest BCUT2D eigenvalue weighted by Gasteiger charge is 2.21. The highest BCUT2D eigenvalue weighted by atomic mass is 35.5. The number of nitrogens with zero attached hydrogens (tertiary/aromatic N) is 1. The molecule has 0 heterocycles. The van der Waals surface area contributed by atoms with Crippen LogP contribution in [-0.2, 0) is 14.3 Å². The van der Waals surface area contributed by atoms with Crippen molar-refractivity contribution in [1.82, 2.24) is 0 Å². The van der Waals surface area contributed by atoms with E-state index < -0.39 is 18.0 Å². The maximum absolute atomic E-state index is 12.3. The van der Waals surface area contributed by atoms with Gasteiger partial charge in [0.2, 0.25) is 0 Å². The standard InChI is InChI=1S/C21H19ClN2O5/c1-13(20(25)24-16-7-8-19(28-3)18(22)11-16)29-21(26)15(12-23)9-14-5-4-6-17(10-14)27-2/h4-11,13H,1-3H3,(H,24,25)/b15-9+/t13-/m1/s1. The first-order chi connectivity index (χ1) is 13.9. The monoisotopic (exact) mass is 414 g/mol. The van der Waals surface area contributed by atoms with Crippen LogP contribution < -0.4 is 14.8 Å². The molecule has 2 aromatic carbocycles. The second kappa shape index (κ2) is 10.2. The van der Waals surface area contributed by atoms with Gasteiger partial charge in [-0.1, -0.05) is 23.7 Å². The molecule has 0 unspecified atom stereocenters. The van der Waals surface area contributed by atoms with Crippen LogP contribution in [0, 0.1) is 11.3 Å². The Morgan fingerprint density at radius 2 is 1.93 bits per heavy atom. The number of halogens is 1. The van der Waals surface area contributed by atoms with E-state index in [0.717, 1.165) is 0 Å². The van der Waals surface area contributed by atoms with Crippen molar-refractivity contribution in [2.75, 3.05) is 19.5 Å². The molecule has 7 nitrogen and oxygen atoms in total. The molecule has 1 amide bonds. The number of ether oxygens (including phenoxy) is 3. The Balaban J connectivity index is 2.05. The number of carbonyl (C=O) groups excluding carboxylic acids is 2. The third kappa shape index (κ3) is 5.99. The van der Waals surface area contributed by atoms with E-state index in [0.29, 0.717) is 27.8 Å². The van der Waals surface area contributed by atoms with Gasteiger partial charge >= 0.3 is 5.97 Å². The number of rotatable bonds is 7. The van der Waals surface area contributed by atoms with E-state index in [1.54, 1.807) is 42.5 Å². The number of amides is 1. The summed E-state index contributed by atoms with van der Waals surface area (Å²) in [6.07, 6.45) is 0.226. The Bertz CT molecular complexity index is 981. The fourth-order valence-electron chi connectivity index (χ4n) is 2.30. The number of esters is 1. The van der Waals surface area contributed by atoms with Gasteiger partial charge in [-0.2, -0.15) is 5.26 Å². The SMILES string of the molecule is COc1cccc(/C=C(\C#N)C(=O)O[C@H](C)C(=O)Nc2ccc(OC)c(Cl)c2)c1. The third-order valence-electron chi connectivity index (χ3n) is 3.82. The normalized spacial score (nSPS) is 11.8. The Labute approximate surface area is 173 Å². The molecule has 29 heavy (non-hydrogen) atoms. The van der Waals surface area contributed by atoms with Crippen LogP contribution in [0.5, 0.6) is 11.5 Å². The molecule has 0 fully saturated rings. The summed E-state index contributed by atoms with van der Waals surface area (Å²) in [5.74, 6) is -0.440. The van der Waals surface area contributed by atoms with Crippen LogP contribution in [0.4, 0.5) is 5.69 Å². The number of carbonyl (C=O) groups is 2. The number of hydrogen-bond donors (Lipinski definition) is 1. The van der Waals surface area contributed by atoms with Crippen LogP contribution in [0.15, 0.2) is 48.0 Å². The summed E-state index contributed by atoms with van der Waals surface area (Å²) in [6.45, 7) is 1.40. The summed E-state index contributed by atoms with van der Waals surface area (Å²) in [6, 6.07) is 13.3. The fourth-order valence-corrected chi connectivity index (χ4v) is 2.56. The lowest BCUT2D eigenvalue weighted by Gasteiger charge is -2.14. The highest BCUT2D eigenvalue weighted by Crippen LogP contribution is 2.27. The van der Waals surface area contributed by atoms with E-state index in [9.17, 15) is 14.9 Å². The van der Waals surface area contributed by atoms with Crippen LogP contribution in [0.2, 0.25) is 5.02 Å². The lowest BCUT2D eigenvalue weighted by Crippen LogP contribution is -2.30. The van der Waals surface area contributed by atoms with Gasteiger partial charge in [-0.15, -0.1) is 0 Å². The maximum atomic E-state index is 12.3. The van der Waals surface area contributed by atoms with Crippen LogP contribution in [0.25, 0.3) is 6.08 Å². The fraction of sp³-hybridized carbons (Fsp3) is 0.190. The van der Waals surface area contributed by atoms with Gasteiger partial charge in [0.25, 0.3) is 5.91 Å². The second-order valence-electron chi connectivity index (χ2n) is 5.83. The molecule has 0 spiro atoms. The summed E-state index contributed by atoms with van der Waals surface area (Å²) in [7, 11) is 2.99. The summed E-state index contributed by atoms with van der Waals surface area (Å²) >= 11 is 6.02. The number of benzene rings is 2. The summed E-state index contributed by atoms with van der Waals surface area (Å²) in [5, 5.41) is 12.2. The van der Waals surface area contributed by atoms with Gasteiger partial charge in [-0.25, -0.2) is 4.79 Å². The first kappa shape index (κ1) is 21.8. The molecule has 1 atom stereocenters. The molecular formula is C21H19ClN2O5. The number of hydrogen-bond acceptors (Lipinski definition) is 6. The van der Waals surface area contributed by atoms with Crippen molar-refractivity contribution in [3.63, 3.8) is 0 Å². The molecule has 0 aliphatic rings. The lowest BCUT2D eigenvalue weighted by molar-refractivity contribution is -0.148. The Kier molecular flexibility index (Phi) is 7.63. The zero-order chi connectivity index (χ0) is 21.4. The van der Waals surface area contributed by atoms with Gasteiger partial charge in [0.1, 0.15) is 23.1 Å². The predicted molar refractivity (Wildman–Crippen MR) is 109 cm³/mol. The van der Waals surface area contributed by atoms with Crippen LogP contribution in [0.1, 0.15) is 12.5 Å². The number of nitriles is 1. The first-order valence-electron chi connectivity index (χ1n) is 8.49. The van der Waals surface area contributed by atoms with E-state index in [2.05, 4.69) is 5.32 Å². The quantitative estimate of drug-likeness (QED) is 0.420. The van der Waals surface area contributed by atoms with Crippen LogP contribution >= 0.6 is 11.6 Å². The number of anilines is 1. The van der Waals surface area contributed by atoms with Crippen molar-refractivity contribution in [3.8, 4) is 17.6 Å². The minimum absolute atomic E-state index is 0.245. The Morgan fingerprint density at radius 3 is 2.55 bits per heavy atom. The molecule has 0 saturated heterocycles. The van der Waals surface area contributed by atoms with E-state index >= 15 is 0 Å². The number of nitrogens with one attached hydrogen (secondary N) is 1. The van der Waals surface area contributed by atoms with Crippen molar-refractivity contribution < 1.29 is 23.8 Å². The Hall–Kier alpha value is -3.50. The molecule has 8 heteroatoms. The van der Waals surface area contributed by atoms with Crippen molar-refractivity contribution in [3.05, 3.63) is 58.6 Å². The van der Waals surface area contributed by atoms with Crippen LogP contribution in [-0.4, -0.2) is 32.2 Å². The molecule has 0 radical (unpaired) electrons. The molecule has 0 saturated carbocycles. The molecule has 0 aliphatic carbocycles. The molecular weight excluding hydrogens is 396 g/mol.